The summed E-state index contributed by atoms with van der Waals surface area (Å²) in [6.07, 6.45) is 2.55. The Morgan fingerprint density at radius 3 is 2.21 bits per heavy atom. The van der Waals surface area contributed by atoms with Crippen LogP contribution in [0.15, 0.2) is 88.9 Å². The maximum absolute atomic E-state index is 13.2. The first-order valence-corrected chi connectivity index (χ1v) is 11.6. The topological polar surface area (TPSA) is 131 Å². The van der Waals surface area contributed by atoms with E-state index in [0.717, 1.165) is 11.1 Å². The molecule has 1 amide bonds. The summed E-state index contributed by atoms with van der Waals surface area (Å²) < 4.78 is 39.4. The van der Waals surface area contributed by atoms with E-state index in [4.69, 9.17) is 15.3 Å². The molecule has 1 atom stereocenters. The van der Waals surface area contributed by atoms with Gasteiger partial charge in [-0.3, -0.25) is 4.79 Å². The minimum atomic E-state index is -3.37. The molecule has 4 rings (SSSR count). The number of benzene rings is 3. The number of nitrogens with one attached hydrogen (secondary N) is 2. The number of amides is 1. The van der Waals surface area contributed by atoms with E-state index in [1.54, 1.807) is 30.3 Å². The monoisotopic (exact) mass is 477 g/mol. The van der Waals surface area contributed by atoms with Gasteiger partial charge in [0.1, 0.15) is 15.5 Å². The normalized spacial score (nSPS) is 12.5. The summed E-state index contributed by atoms with van der Waals surface area (Å²) in [5.74, 6) is -0.772. The second-order valence-electron chi connectivity index (χ2n) is 7.25. The average Bonchev–Trinajstić information content (AvgIpc) is 2.86. The van der Waals surface area contributed by atoms with E-state index in [9.17, 15) is 13.4 Å². The van der Waals surface area contributed by atoms with Crippen molar-refractivity contribution >= 4 is 27.0 Å². The molecule has 172 valence electrons. The Hall–Kier alpha value is -4.31. The van der Waals surface area contributed by atoms with Gasteiger partial charge in [0.25, 0.3) is 5.91 Å². The zero-order valence-corrected chi connectivity index (χ0v) is 18.8. The third-order valence-corrected chi connectivity index (χ3v) is 6.86. The molecule has 0 spiro atoms. The van der Waals surface area contributed by atoms with Gasteiger partial charge < -0.3 is 15.8 Å². The molecule has 0 saturated carbocycles. The van der Waals surface area contributed by atoms with Crippen molar-refractivity contribution in [3.05, 3.63) is 90.5 Å². The number of carbonyl (C=O) groups is 1. The van der Waals surface area contributed by atoms with Gasteiger partial charge in [0.05, 0.1) is 40.7 Å². The lowest BCUT2D eigenvalue weighted by molar-refractivity contribution is 0.102. The summed E-state index contributed by atoms with van der Waals surface area (Å²) >= 11 is 0. The smallest absolute Gasteiger partial charge is 0.316 e. The van der Waals surface area contributed by atoms with Gasteiger partial charge in [-0.2, -0.15) is 0 Å². The van der Waals surface area contributed by atoms with Crippen molar-refractivity contribution in [2.75, 3.05) is 18.2 Å². The van der Waals surface area contributed by atoms with Gasteiger partial charge in [-0.25, -0.2) is 23.3 Å². The van der Waals surface area contributed by atoms with E-state index in [1.807, 2.05) is 0 Å². The number of halogens is 1. The molecule has 1 heterocycles. The molecule has 0 aliphatic rings. The zero-order valence-electron chi connectivity index (χ0n) is 18.0. The van der Waals surface area contributed by atoms with Crippen molar-refractivity contribution < 1.29 is 18.1 Å². The quantitative estimate of drug-likeness (QED) is 0.348. The third-order valence-electron chi connectivity index (χ3n) is 5.05. The molecule has 1 unspecified atom stereocenters. The molecule has 10 heteroatoms. The van der Waals surface area contributed by atoms with Crippen molar-refractivity contribution in [3.63, 3.8) is 0 Å². The van der Waals surface area contributed by atoms with Crippen LogP contribution >= 0.6 is 0 Å². The van der Waals surface area contributed by atoms with Crippen molar-refractivity contribution in [3.8, 4) is 17.1 Å². The molecule has 4 aromatic rings. The van der Waals surface area contributed by atoms with E-state index in [-0.39, 0.29) is 27.2 Å². The van der Waals surface area contributed by atoms with Gasteiger partial charge in [0.2, 0.25) is 0 Å². The largest absolute Gasteiger partial charge is 0.467 e. The fraction of sp³-hybridized carbons (Fsp3) is 0.0417. The van der Waals surface area contributed by atoms with E-state index < -0.39 is 15.6 Å². The van der Waals surface area contributed by atoms with E-state index >= 15 is 0 Å². The minimum Gasteiger partial charge on any atom is -0.467 e. The Labute approximate surface area is 195 Å². The molecular formula is C24H20FN5O3S. The van der Waals surface area contributed by atoms with Crippen molar-refractivity contribution in [1.29, 1.82) is 4.78 Å². The molecule has 3 aromatic carbocycles. The summed E-state index contributed by atoms with van der Waals surface area (Å²) in [6, 6.07) is 17.1. The van der Waals surface area contributed by atoms with Gasteiger partial charge in [0, 0.05) is 5.56 Å². The van der Waals surface area contributed by atoms with Crippen molar-refractivity contribution in [2.24, 2.45) is 0 Å². The number of carbonyl (C=O) groups excluding carboxylic acids is 1. The van der Waals surface area contributed by atoms with E-state index in [2.05, 4.69) is 15.3 Å². The highest BCUT2D eigenvalue weighted by Gasteiger charge is 2.16. The predicted molar refractivity (Wildman–Crippen MR) is 127 cm³/mol. The lowest BCUT2D eigenvalue weighted by Crippen LogP contribution is -2.13. The first-order valence-electron chi connectivity index (χ1n) is 9.99. The molecule has 4 N–H and O–H groups in total. The van der Waals surface area contributed by atoms with E-state index in [1.165, 1.54) is 55.9 Å². The molecule has 1 aromatic heterocycles. The van der Waals surface area contributed by atoms with Crippen LogP contribution in [0.1, 0.15) is 10.4 Å². The van der Waals surface area contributed by atoms with Crippen LogP contribution in [0.3, 0.4) is 0 Å². The Morgan fingerprint density at radius 2 is 1.59 bits per heavy atom. The highest BCUT2D eigenvalue weighted by molar-refractivity contribution is 7.92. The molecule has 0 bridgehead atoms. The summed E-state index contributed by atoms with van der Waals surface area (Å²) in [4.78, 5) is 20.9. The molecule has 0 aliphatic heterocycles. The average molecular weight is 478 g/mol. The SMILES string of the molecule is COc1ncc(S(=N)(=O)c2ccc(C(=O)Nc3cc(-c4ccc(F)cc4)ccc3N)cc2)cn1. The lowest BCUT2D eigenvalue weighted by Gasteiger charge is -2.12. The van der Waals surface area contributed by atoms with Crippen LogP contribution in [0.4, 0.5) is 15.8 Å². The number of hydrogen-bond acceptors (Lipinski definition) is 7. The first-order chi connectivity index (χ1) is 16.3. The number of nitrogens with zero attached hydrogens (tertiary/aromatic N) is 2. The number of rotatable bonds is 6. The van der Waals surface area contributed by atoms with Crippen LogP contribution in [-0.2, 0) is 9.73 Å². The second kappa shape index (κ2) is 9.28. The van der Waals surface area contributed by atoms with Gasteiger partial charge >= 0.3 is 6.01 Å². The number of hydrogen-bond donors (Lipinski definition) is 3. The van der Waals surface area contributed by atoms with Crippen LogP contribution in [0.25, 0.3) is 11.1 Å². The first kappa shape index (κ1) is 22.9. The number of nitrogen functional groups attached to an aromatic ring is 1. The van der Waals surface area contributed by atoms with Crippen LogP contribution < -0.4 is 15.8 Å². The van der Waals surface area contributed by atoms with Gasteiger partial charge in [-0.1, -0.05) is 18.2 Å². The molecule has 8 nitrogen and oxygen atoms in total. The molecule has 0 fully saturated rings. The standard InChI is InChI=1S/C24H20FN5O3S/c1-33-24-28-13-20(14-29-24)34(27,32)19-9-4-16(5-10-19)23(31)30-22-12-17(6-11-21(22)26)15-2-7-18(25)8-3-15/h2-14,27H,26H2,1H3,(H,30,31). The number of methoxy groups -OCH3 is 1. The van der Waals surface area contributed by atoms with Crippen LogP contribution in [0, 0.1) is 10.6 Å². The molecular weight excluding hydrogens is 457 g/mol. The molecule has 0 aliphatic carbocycles. The number of ether oxygens (including phenoxy) is 1. The third kappa shape index (κ3) is 4.71. The van der Waals surface area contributed by atoms with Gasteiger partial charge in [0.15, 0.2) is 0 Å². The maximum Gasteiger partial charge on any atom is 0.316 e. The number of aromatic nitrogens is 2. The van der Waals surface area contributed by atoms with Crippen LogP contribution in [0.2, 0.25) is 0 Å². The summed E-state index contributed by atoms with van der Waals surface area (Å²) in [6.45, 7) is 0. The zero-order chi connectivity index (χ0) is 24.3. The molecule has 0 saturated heterocycles. The fourth-order valence-corrected chi connectivity index (χ4v) is 4.37. The van der Waals surface area contributed by atoms with Crippen LogP contribution in [0.5, 0.6) is 6.01 Å². The van der Waals surface area contributed by atoms with Crippen molar-refractivity contribution in [2.45, 2.75) is 9.79 Å². The Balaban J connectivity index is 1.54. The van der Waals surface area contributed by atoms with Crippen molar-refractivity contribution in [1.82, 2.24) is 9.97 Å². The summed E-state index contributed by atoms with van der Waals surface area (Å²) in [5, 5.41) is 2.76. The summed E-state index contributed by atoms with van der Waals surface area (Å²) in [7, 11) is -1.96. The predicted octanol–water partition coefficient (Wildman–Crippen LogP) is 4.59. The van der Waals surface area contributed by atoms with E-state index in [0.29, 0.717) is 11.4 Å². The Morgan fingerprint density at radius 1 is 0.971 bits per heavy atom. The lowest BCUT2D eigenvalue weighted by atomic mass is 10.0. The van der Waals surface area contributed by atoms with Gasteiger partial charge in [-0.15, -0.1) is 0 Å². The van der Waals surface area contributed by atoms with Gasteiger partial charge in [-0.05, 0) is 59.7 Å². The highest BCUT2D eigenvalue weighted by Crippen LogP contribution is 2.28. The molecule has 34 heavy (non-hydrogen) atoms. The number of nitrogens with two attached hydrogens (primary N) is 1. The fourth-order valence-electron chi connectivity index (χ4n) is 3.17. The Bertz CT molecular complexity index is 1440. The highest BCUT2D eigenvalue weighted by atomic mass is 32.2. The Kier molecular flexibility index (Phi) is 6.24. The van der Waals surface area contributed by atoms with Crippen LogP contribution in [-0.4, -0.2) is 27.2 Å². The second-order valence-corrected chi connectivity index (χ2v) is 9.30. The number of anilines is 2. The molecule has 0 radical (unpaired) electrons. The maximum atomic E-state index is 13.2. The summed E-state index contributed by atoms with van der Waals surface area (Å²) in [5.41, 5.74) is 8.61. The minimum absolute atomic E-state index is 0.105.